The van der Waals surface area contributed by atoms with Crippen LogP contribution in [0.5, 0.6) is 0 Å². The van der Waals surface area contributed by atoms with Crippen LogP contribution in [-0.4, -0.2) is 51.8 Å². The lowest BCUT2D eigenvalue weighted by Gasteiger charge is -2.23. The fourth-order valence-corrected chi connectivity index (χ4v) is 6.27. The van der Waals surface area contributed by atoms with Crippen LogP contribution in [0.15, 0.2) is 60.9 Å². The number of benzene rings is 2. The Balaban J connectivity index is 1.33. The first-order valence-corrected chi connectivity index (χ1v) is 17.4. The second-order valence-electron chi connectivity index (χ2n) is 11.7. The van der Waals surface area contributed by atoms with E-state index in [0.717, 1.165) is 65.9 Å². The Morgan fingerprint density at radius 2 is 1.04 bits per heavy atom. The van der Waals surface area contributed by atoms with Crippen LogP contribution >= 0.6 is 23.2 Å². The van der Waals surface area contributed by atoms with Gasteiger partial charge in [-0.1, -0.05) is 87.9 Å². The first-order valence-electron chi connectivity index (χ1n) is 16.6. The van der Waals surface area contributed by atoms with Crippen molar-refractivity contribution in [2.24, 2.45) is 0 Å². The maximum Gasteiger partial charge on any atom is 0.268 e. The van der Waals surface area contributed by atoms with Crippen molar-refractivity contribution in [3.63, 3.8) is 0 Å². The van der Waals surface area contributed by atoms with Crippen molar-refractivity contribution >= 4 is 56.4 Å². The molecule has 4 rings (SSSR count). The van der Waals surface area contributed by atoms with E-state index in [1.54, 1.807) is 23.7 Å². The van der Waals surface area contributed by atoms with Gasteiger partial charge in [-0.15, -0.1) is 0 Å². The lowest BCUT2D eigenvalue weighted by Crippen LogP contribution is -2.41. The number of rotatable bonds is 21. The van der Waals surface area contributed by atoms with Gasteiger partial charge in [0.15, 0.2) is 0 Å². The maximum absolute atomic E-state index is 6.29. The molecule has 2 heterocycles. The molecule has 45 heavy (non-hydrogen) atoms. The van der Waals surface area contributed by atoms with Crippen molar-refractivity contribution in [3.05, 3.63) is 71.0 Å². The van der Waals surface area contributed by atoms with Crippen LogP contribution in [0, 0.1) is 0 Å². The highest BCUT2D eigenvalue weighted by atomic mass is 35.5. The molecule has 0 saturated carbocycles. The van der Waals surface area contributed by atoms with Crippen LogP contribution in [0.3, 0.4) is 0 Å². The van der Waals surface area contributed by atoms with E-state index in [0.29, 0.717) is 10.0 Å². The Labute approximate surface area is 279 Å². The predicted octanol–water partition coefficient (Wildman–Crippen LogP) is 7.74. The van der Waals surface area contributed by atoms with E-state index in [9.17, 15) is 0 Å². The van der Waals surface area contributed by atoms with Gasteiger partial charge in [-0.2, -0.15) is 0 Å². The van der Waals surface area contributed by atoms with Gasteiger partial charge in [-0.25, -0.2) is 0 Å². The Morgan fingerprint density at radius 1 is 0.600 bits per heavy atom. The molecule has 0 saturated heterocycles. The molecule has 9 heteroatoms. The summed E-state index contributed by atoms with van der Waals surface area (Å²) >= 11 is 12.6. The number of nitrogens with zero attached hydrogens (tertiary/aromatic N) is 3. The molecule has 2 N–H and O–H groups in total. The zero-order valence-corrected chi connectivity index (χ0v) is 28.8. The van der Waals surface area contributed by atoms with Crippen LogP contribution in [-0.2, 0) is 0 Å². The van der Waals surface area contributed by atoms with Crippen LogP contribution in [0.2, 0.25) is 10.0 Å². The lowest BCUT2D eigenvalue weighted by atomic mass is 10.1. The molecule has 0 aliphatic rings. The van der Waals surface area contributed by atoms with E-state index in [2.05, 4.69) is 34.6 Å². The molecule has 244 valence electrons. The number of hydrogen-bond acceptors (Lipinski definition) is 5. The molecule has 7 nitrogen and oxygen atoms in total. The summed E-state index contributed by atoms with van der Waals surface area (Å²) in [6, 6.07) is 15.9. The van der Waals surface area contributed by atoms with Crippen molar-refractivity contribution in [1.82, 2.24) is 4.90 Å². The molecule has 0 spiro atoms. The number of unbranched alkanes of at least 4 members (excludes halogenated alkanes) is 9. The molecule has 2 aromatic heterocycles. The van der Waals surface area contributed by atoms with Gasteiger partial charge in [-0.3, -0.25) is 14.6 Å². The largest absolute Gasteiger partial charge is 0.383 e. The summed E-state index contributed by atoms with van der Waals surface area (Å²) in [5.74, 6) is 0. The molecular formula is C36H51Cl2N5O2+2. The highest BCUT2D eigenvalue weighted by molar-refractivity contribution is 6.31. The van der Waals surface area contributed by atoms with Gasteiger partial charge in [-0.05, 0) is 37.2 Å². The lowest BCUT2D eigenvalue weighted by molar-refractivity contribution is -0.865. The highest BCUT2D eigenvalue weighted by Crippen LogP contribution is 2.25. The number of hydrogen-bond donors (Lipinski definition) is 2. The van der Waals surface area contributed by atoms with Crippen LogP contribution < -0.4 is 29.8 Å². The van der Waals surface area contributed by atoms with E-state index in [-0.39, 0.29) is 0 Å². The highest BCUT2D eigenvalue weighted by Gasteiger charge is 2.16. The standard InChI is InChI=1S/C36H49Cl2N5O2/c1-4-5-6-7-8-9-10-11-12-13-22-41(25-20-39-33-18-23-42(44-2)35-27-29(37)14-16-31(33)35)26-21-40-34-19-24-43(45-3)36-28-30(38)15-17-32(34)36/h14-19,23-24,27-28H,4-13,20-22,25-26H2,1-3H3/p+2. The molecular weight excluding hydrogens is 605 g/mol. The minimum atomic E-state index is 0.687. The third-order valence-electron chi connectivity index (χ3n) is 8.44. The molecule has 2 aromatic carbocycles. The number of anilines is 2. The van der Waals surface area contributed by atoms with E-state index in [1.807, 2.05) is 48.8 Å². The van der Waals surface area contributed by atoms with Crippen LogP contribution in [0.25, 0.3) is 21.8 Å². The molecule has 0 amide bonds. The predicted molar refractivity (Wildman–Crippen MR) is 189 cm³/mol. The molecule has 0 radical (unpaired) electrons. The Hall–Kier alpha value is -3.00. The second-order valence-corrected chi connectivity index (χ2v) is 12.5. The van der Waals surface area contributed by atoms with E-state index in [1.165, 1.54) is 64.2 Å². The van der Waals surface area contributed by atoms with Crippen molar-refractivity contribution in [2.45, 2.75) is 71.1 Å². The molecule has 0 atom stereocenters. The topological polar surface area (TPSA) is 53.5 Å². The monoisotopic (exact) mass is 655 g/mol. The molecule has 0 aliphatic heterocycles. The van der Waals surface area contributed by atoms with Crippen molar-refractivity contribution in [3.8, 4) is 0 Å². The third-order valence-corrected chi connectivity index (χ3v) is 8.91. The average Bonchev–Trinajstić information content (AvgIpc) is 3.05. The van der Waals surface area contributed by atoms with E-state index < -0.39 is 0 Å². The summed E-state index contributed by atoms with van der Waals surface area (Å²) < 4.78 is 3.48. The minimum absolute atomic E-state index is 0.687. The third kappa shape index (κ3) is 10.5. The van der Waals surface area contributed by atoms with Gasteiger partial charge in [0.1, 0.15) is 14.2 Å². The fraction of sp³-hybridized carbons (Fsp3) is 0.500. The summed E-state index contributed by atoms with van der Waals surface area (Å²) in [4.78, 5) is 13.6. The quantitative estimate of drug-likeness (QED) is 0.0710. The smallest absolute Gasteiger partial charge is 0.268 e. The van der Waals surface area contributed by atoms with Crippen LogP contribution in [0.1, 0.15) is 71.1 Å². The molecule has 0 aliphatic carbocycles. The SMILES string of the molecule is CCCCCCCCCCCCN(CCNc1cc[n+](OC)c2cc(Cl)ccc12)CCNc1cc[n+](OC)c2cc(Cl)ccc12. The van der Waals surface area contributed by atoms with Crippen molar-refractivity contribution in [2.75, 3.05) is 57.6 Å². The van der Waals surface area contributed by atoms with Crippen LogP contribution in [0.4, 0.5) is 11.4 Å². The molecule has 0 fully saturated rings. The summed E-state index contributed by atoms with van der Waals surface area (Å²) in [7, 11) is 3.32. The van der Waals surface area contributed by atoms with Gasteiger partial charge in [0.25, 0.3) is 11.0 Å². The molecule has 0 bridgehead atoms. The Kier molecular flexibility index (Phi) is 14.6. The fourth-order valence-electron chi connectivity index (χ4n) is 5.94. The summed E-state index contributed by atoms with van der Waals surface area (Å²) in [5.41, 5.74) is 4.03. The zero-order chi connectivity index (χ0) is 31.9. The van der Waals surface area contributed by atoms with Gasteiger partial charge in [0.05, 0.1) is 22.1 Å². The second kappa shape index (κ2) is 18.8. The maximum atomic E-state index is 6.29. The Morgan fingerprint density at radius 3 is 1.49 bits per heavy atom. The normalized spacial score (nSPS) is 11.4. The van der Waals surface area contributed by atoms with Gasteiger partial charge < -0.3 is 10.6 Å². The van der Waals surface area contributed by atoms with Gasteiger partial charge in [0, 0.05) is 70.0 Å². The molecule has 0 unspecified atom stereocenters. The molecule has 4 aromatic rings. The van der Waals surface area contributed by atoms with Gasteiger partial charge >= 0.3 is 0 Å². The number of pyridine rings is 2. The van der Waals surface area contributed by atoms with E-state index in [4.69, 9.17) is 32.9 Å². The van der Waals surface area contributed by atoms with Gasteiger partial charge in [0.2, 0.25) is 12.4 Å². The van der Waals surface area contributed by atoms with Crippen molar-refractivity contribution < 1.29 is 19.1 Å². The number of nitrogens with one attached hydrogen (secondary N) is 2. The number of halogens is 2. The number of aromatic nitrogens is 2. The first kappa shape index (κ1) is 34.9. The van der Waals surface area contributed by atoms with E-state index >= 15 is 0 Å². The Bertz CT molecular complexity index is 1390. The summed E-state index contributed by atoms with van der Waals surface area (Å²) in [5, 5.41) is 10.9. The summed E-state index contributed by atoms with van der Waals surface area (Å²) in [6.07, 6.45) is 17.3. The average molecular weight is 657 g/mol. The summed E-state index contributed by atoms with van der Waals surface area (Å²) in [6.45, 7) is 6.94. The zero-order valence-electron chi connectivity index (χ0n) is 27.3. The number of fused-ring (bicyclic) bond motifs is 2. The minimum Gasteiger partial charge on any atom is -0.383 e. The van der Waals surface area contributed by atoms with Crippen molar-refractivity contribution in [1.29, 1.82) is 0 Å². The first-order chi connectivity index (χ1) is 22.0.